The third kappa shape index (κ3) is 4.32. The molecule has 1 amide bonds. The number of halogens is 2. The van der Waals surface area contributed by atoms with E-state index in [1.807, 2.05) is 19.1 Å². The minimum absolute atomic E-state index is 0.0648. The molecule has 0 saturated heterocycles. The number of carbonyl (C=O) groups excluding carboxylic acids is 1. The largest absolute Gasteiger partial charge is 0.324 e. The summed E-state index contributed by atoms with van der Waals surface area (Å²) in [4.78, 5) is 12.0. The number of aryl methyl sites for hydroxylation is 1. The summed E-state index contributed by atoms with van der Waals surface area (Å²) in [7, 11) is -3.70. The molecule has 2 aromatic carbocycles. The van der Waals surface area contributed by atoms with Gasteiger partial charge in [-0.05, 0) is 64.8 Å². The van der Waals surface area contributed by atoms with Gasteiger partial charge in [-0.25, -0.2) is 8.42 Å². The molecule has 0 radical (unpaired) electrons. The number of nitrogens with one attached hydrogen (secondary N) is 1. The van der Waals surface area contributed by atoms with Gasteiger partial charge in [0.1, 0.15) is 5.75 Å². The Kier molecular flexibility index (Phi) is 5.26. The molecule has 0 aliphatic carbocycles. The Morgan fingerprint density at radius 2 is 1.82 bits per heavy atom. The molecule has 0 spiro atoms. The average molecular weight is 403 g/mol. The van der Waals surface area contributed by atoms with E-state index < -0.39 is 21.5 Å². The van der Waals surface area contributed by atoms with Gasteiger partial charge in [-0.15, -0.1) is 0 Å². The first-order valence-corrected chi connectivity index (χ1v) is 9.14. The minimum Gasteiger partial charge on any atom is -0.324 e. The number of sulfone groups is 1. The molecule has 4 nitrogen and oxygen atoms in total. The van der Waals surface area contributed by atoms with Crippen molar-refractivity contribution >= 4 is 49.0 Å². The highest BCUT2D eigenvalue weighted by atomic mass is 79.9. The molecule has 0 heterocycles. The third-order valence-electron chi connectivity index (χ3n) is 2.89. The van der Waals surface area contributed by atoms with Crippen LogP contribution >= 0.6 is 27.5 Å². The first-order valence-electron chi connectivity index (χ1n) is 6.32. The van der Waals surface area contributed by atoms with Crippen LogP contribution in [0.5, 0.6) is 0 Å². The van der Waals surface area contributed by atoms with E-state index in [4.69, 9.17) is 11.6 Å². The van der Waals surface area contributed by atoms with Gasteiger partial charge in [0.15, 0.2) is 9.84 Å². The van der Waals surface area contributed by atoms with Gasteiger partial charge in [0.25, 0.3) is 0 Å². The molecule has 0 unspecified atom stereocenters. The lowest BCUT2D eigenvalue weighted by molar-refractivity contribution is -0.113. The molecule has 0 aliphatic heterocycles. The predicted octanol–water partition coefficient (Wildman–Crippen LogP) is 3.82. The van der Waals surface area contributed by atoms with Crippen molar-refractivity contribution in [1.82, 2.24) is 0 Å². The van der Waals surface area contributed by atoms with Crippen molar-refractivity contribution in [3.05, 3.63) is 57.5 Å². The number of carbonyl (C=O) groups is 1. The van der Waals surface area contributed by atoms with E-state index in [0.29, 0.717) is 15.2 Å². The number of benzene rings is 2. The maximum Gasteiger partial charge on any atom is 0.239 e. The van der Waals surface area contributed by atoms with E-state index in [2.05, 4.69) is 21.2 Å². The number of hydrogen-bond donors (Lipinski definition) is 1. The Bertz CT molecular complexity index is 804. The van der Waals surface area contributed by atoms with E-state index in [1.165, 1.54) is 24.3 Å². The van der Waals surface area contributed by atoms with Crippen LogP contribution in [0, 0.1) is 6.92 Å². The van der Waals surface area contributed by atoms with Crippen LogP contribution in [-0.2, 0) is 14.6 Å². The highest BCUT2D eigenvalue weighted by Crippen LogP contribution is 2.23. The Morgan fingerprint density at radius 3 is 2.41 bits per heavy atom. The number of anilines is 1. The number of hydrogen-bond acceptors (Lipinski definition) is 3. The molecule has 1 N–H and O–H groups in total. The minimum atomic E-state index is -3.70. The van der Waals surface area contributed by atoms with Gasteiger partial charge in [-0.3, -0.25) is 4.79 Å². The van der Waals surface area contributed by atoms with Crippen molar-refractivity contribution in [1.29, 1.82) is 0 Å². The van der Waals surface area contributed by atoms with Crippen LogP contribution in [-0.4, -0.2) is 20.1 Å². The Morgan fingerprint density at radius 1 is 1.18 bits per heavy atom. The normalized spacial score (nSPS) is 11.2. The molecular formula is C15H13BrClNO3S. The topological polar surface area (TPSA) is 63.2 Å². The molecule has 2 aromatic rings. The van der Waals surface area contributed by atoms with Gasteiger partial charge in [0.2, 0.25) is 5.91 Å². The standard InChI is InChI=1S/C15H13BrClNO3S/c1-10-2-7-14(13(16)8-10)18-15(19)9-22(20,21)12-5-3-11(17)4-6-12/h2-8H,9H2,1H3,(H,18,19). The van der Waals surface area contributed by atoms with Crippen LogP contribution in [0.2, 0.25) is 5.02 Å². The molecule has 2 rings (SSSR count). The summed E-state index contributed by atoms with van der Waals surface area (Å²) < 4.78 is 25.0. The molecule has 0 bridgehead atoms. The zero-order valence-corrected chi connectivity index (χ0v) is 14.8. The summed E-state index contributed by atoms with van der Waals surface area (Å²) in [5.41, 5.74) is 1.56. The molecule has 0 aromatic heterocycles. The Balaban J connectivity index is 2.12. The lowest BCUT2D eigenvalue weighted by atomic mass is 10.2. The van der Waals surface area contributed by atoms with Crippen molar-refractivity contribution in [3.63, 3.8) is 0 Å². The first-order chi connectivity index (χ1) is 10.3. The third-order valence-corrected chi connectivity index (χ3v) is 5.43. The van der Waals surface area contributed by atoms with Gasteiger partial charge in [-0.2, -0.15) is 0 Å². The lowest BCUT2D eigenvalue weighted by Gasteiger charge is -2.09. The average Bonchev–Trinajstić information content (AvgIpc) is 2.42. The summed E-state index contributed by atoms with van der Waals surface area (Å²) in [6.45, 7) is 1.92. The maximum absolute atomic E-state index is 12.2. The van der Waals surface area contributed by atoms with Crippen LogP contribution in [0.4, 0.5) is 5.69 Å². The van der Waals surface area contributed by atoms with Crippen molar-refractivity contribution in [2.45, 2.75) is 11.8 Å². The number of amides is 1. The maximum atomic E-state index is 12.2. The summed E-state index contributed by atoms with van der Waals surface area (Å²) >= 11 is 9.05. The second-order valence-electron chi connectivity index (χ2n) is 4.74. The lowest BCUT2D eigenvalue weighted by Crippen LogP contribution is -2.23. The molecule has 7 heteroatoms. The molecular weight excluding hydrogens is 390 g/mol. The van der Waals surface area contributed by atoms with Gasteiger partial charge in [-0.1, -0.05) is 17.7 Å². The van der Waals surface area contributed by atoms with Crippen molar-refractivity contribution in [3.8, 4) is 0 Å². The Labute approximate surface area is 142 Å². The van der Waals surface area contributed by atoms with Crippen molar-refractivity contribution in [2.24, 2.45) is 0 Å². The highest BCUT2D eigenvalue weighted by Gasteiger charge is 2.19. The summed E-state index contributed by atoms with van der Waals surface area (Å²) in [5.74, 6) is -1.23. The van der Waals surface area contributed by atoms with E-state index in [0.717, 1.165) is 5.56 Å². The van der Waals surface area contributed by atoms with Crippen LogP contribution in [0.3, 0.4) is 0 Å². The zero-order chi connectivity index (χ0) is 16.3. The van der Waals surface area contributed by atoms with Gasteiger partial charge in [0, 0.05) is 9.50 Å². The summed E-state index contributed by atoms with van der Waals surface area (Å²) in [6.07, 6.45) is 0. The second kappa shape index (κ2) is 6.81. The fourth-order valence-corrected chi connectivity index (χ4v) is 3.66. The smallest absolute Gasteiger partial charge is 0.239 e. The van der Waals surface area contributed by atoms with Crippen LogP contribution in [0.15, 0.2) is 51.8 Å². The zero-order valence-electron chi connectivity index (χ0n) is 11.6. The van der Waals surface area contributed by atoms with E-state index in [-0.39, 0.29) is 4.90 Å². The van der Waals surface area contributed by atoms with Gasteiger partial charge < -0.3 is 5.32 Å². The SMILES string of the molecule is Cc1ccc(NC(=O)CS(=O)(=O)c2ccc(Cl)cc2)c(Br)c1. The highest BCUT2D eigenvalue weighted by molar-refractivity contribution is 9.10. The van der Waals surface area contributed by atoms with Crippen LogP contribution < -0.4 is 5.32 Å². The van der Waals surface area contributed by atoms with E-state index in [9.17, 15) is 13.2 Å². The van der Waals surface area contributed by atoms with Gasteiger partial charge >= 0.3 is 0 Å². The van der Waals surface area contributed by atoms with Crippen molar-refractivity contribution in [2.75, 3.05) is 11.1 Å². The quantitative estimate of drug-likeness (QED) is 0.845. The van der Waals surface area contributed by atoms with E-state index in [1.54, 1.807) is 6.07 Å². The monoisotopic (exact) mass is 401 g/mol. The molecule has 0 aliphatic rings. The predicted molar refractivity (Wildman–Crippen MR) is 91.0 cm³/mol. The second-order valence-corrected chi connectivity index (χ2v) is 8.02. The summed E-state index contributed by atoms with van der Waals surface area (Å²) in [5, 5.41) is 3.02. The fraction of sp³-hybridized carbons (Fsp3) is 0.133. The fourth-order valence-electron chi connectivity index (χ4n) is 1.81. The molecule has 22 heavy (non-hydrogen) atoms. The van der Waals surface area contributed by atoms with Crippen molar-refractivity contribution < 1.29 is 13.2 Å². The van der Waals surface area contributed by atoms with E-state index >= 15 is 0 Å². The molecule has 0 atom stereocenters. The first kappa shape index (κ1) is 17.0. The van der Waals surface area contributed by atoms with Crippen LogP contribution in [0.1, 0.15) is 5.56 Å². The molecule has 116 valence electrons. The van der Waals surface area contributed by atoms with Gasteiger partial charge in [0.05, 0.1) is 10.6 Å². The Hall–Kier alpha value is -1.37. The molecule has 0 saturated carbocycles. The number of rotatable bonds is 4. The molecule has 0 fully saturated rings. The summed E-state index contributed by atoms with van der Waals surface area (Å²) in [6, 6.07) is 11.1. The van der Waals surface area contributed by atoms with Crippen LogP contribution in [0.25, 0.3) is 0 Å².